The lowest BCUT2D eigenvalue weighted by atomic mass is 10.0. The Morgan fingerprint density at radius 1 is 1.56 bits per heavy atom. The minimum Gasteiger partial charge on any atom is -0.394 e. The fourth-order valence-corrected chi connectivity index (χ4v) is 2.03. The van der Waals surface area contributed by atoms with Crippen molar-refractivity contribution in [2.75, 3.05) is 19.7 Å². The minimum absolute atomic E-state index is 0.0417. The van der Waals surface area contributed by atoms with Crippen molar-refractivity contribution in [3.05, 3.63) is 0 Å². The van der Waals surface area contributed by atoms with Crippen molar-refractivity contribution in [3.8, 4) is 0 Å². The van der Waals surface area contributed by atoms with Gasteiger partial charge in [-0.3, -0.25) is 4.79 Å². The molecule has 2 unspecified atom stereocenters. The maximum absolute atomic E-state index is 11.9. The molecular formula is C12H24N2O2. The number of hydrogen-bond donors (Lipinski definition) is 2. The predicted molar refractivity (Wildman–Crippen MR) is 64.2 cm³/mol. The van der Waals surface area contributed by atoms with Crippen LogP contribution in [0.2, 0.25) is 0 Å². The Bertz CT molecular complexity index is 221. The highest BCUT2D eigenvalue weighted by atomic mass is 16.3. The second-order valence-electron chi connectivity index (χ2n) is 4.61. The number of nitrogens with one attached hydrogen (secondary N) is 1. The minimum atomic E-state index is 0.0417. The van der Waals surface area contributed by atoms with E-state index >= 15 is 0 Å². The van der Waals surface area contributed by atoms with Gasteiger partial charge in [0.2, 0.25) is 5.91 Å². The molecule has 16 heavy (non-hydrogen) atoms. The molecule has 2 atom stereocenters. The quantitative estimate of drug-likeness (QED) is 0.730. The Kier molecular flexibility index (Phi) is 5.77. The Morgan fingerprint density at radius 3 is 2.94 bits per heavy atom. The summed E-state index contributed by atoms with van der Waals surface area (Å²) in [4.78, 5) is 13.8. The van der Waals surface area contributed by atoms with Crippen LogP contribution >= 0.6 is 0 Å². The van der Waals surface area contributed by atoms with E-state index in [-0.39, 0.29) is 18.6 Å². The molecule has 0 saturated carbocycles. The van der Waals surface area contributed by atoms with Crippen LogP contribution in [-0.2, 0) is 4.79 Å². The second-order valence-corrected chi connectivity index (χ2v) is 4.61. The highest BCUT2D eigenvalue weighted by molar-refractivity contribution is 5.78. The van der Waals surface area contributed by atoms with Crippen LogP contribution in [-0.4, -0.2) is 47.7 Å². The summed E-state index contributed by atoms with van der Waals surface area (Å²) in [6.07, 6.45) is 4.14. The Morgan fingerprint density at radius 2 is 2.31 bits per heavy atom. The summed E-state index contributed by atoms with van der Waals surface area (Å²) in [5.41, 5.74) is 0. The third-order valence-corrected chi connectivity index (χ3v) is 3.37. The van der Waals surface area contributed by atoms with Gasteiger partial charge in [0.25, 0.3) is 0 Å². The molecule has 1 saturated heterocycles. The van der Waals surface area contributed by atoms with E-state index in [1.54, 1.807) is 0 Å². The Balaban J connectivity index is 2.38. The normalized spacial score (nSPS) is 23.2. The number of amides is 1. The van der Waals surface area contributed by atoms with Gasteiger partial charge in [-0.1, -0.05) is 6.92 Å². The summed E-state index contributed by atoms with van der Waals surface area (Å²) in [5.74, 6) is 0.124. The average molecular weight is 228 g/mol. The van der Waals surface area contributed by atoms with Gasteiger partial charge in [0, 0.05) is 12.6 Å². The van der Waals surface area contributed by atoms with Gasteiger partial charge in [-0.05, 0) is 32.6 Å². The zero-order valence-corrected chi connectivity index (χ0v) is 10.4. The van der Waals surface area contributed by atoms with Gasteiger partial charge in [-0.2, -0.15) is 0 Å². The Labute approximate surface area is 98.0 Å². The van der Waals surface area contributed by atoms with Crippen LogP contribution in [0, 0.1) is 0 Å². The summed E-state index contributed by atoms with van der Waals surface area (Å²) in [6.45, 7) is 5.46. The summed E-state index contributed by atoms with van der Waals surface area (Å²) in [6, 6.07) is 0.418. The van der Waals surface area contributed by atoms with Crippen molar-refractivity contribution in [2.45, 2.75) is 51.6 Å². The topological polar surface area (TPSA) is 52.6 Å². The molecule has 4 nitrogen and oxygen atoms in total. The van der Waals surface area contributed by atoms with Crippen LogP contribution in [0.4, 0.5) is 0 Å². The highest BCUT2D eigenvalue weighted by Crippen LogP contribution is 2.16. The smallest absolute Gasteiger partial charge is 0.236 e. The number of piperidine rings is 1. The molecule has 1 amide bonds. The molecular weight excluding hydrogens is 204 g/mol. The first kappa shape index (κ1) is 13.5. The van der Waals surface area contributed by atoms with Crippen LogP contribution in [0.15, 0.2) is 0 Å². The lowest BCUT2D eigenvalue weighted by Crippen LogP contribution is -2.49. The first-order valence-electron chi connectivity index (χ1n) is 6.32. The number of carbonyl (C=O) groups is 1. The number of likely N-dealkylation sites (tertiary alicyclic amines) is 1. The number of nitrogens with zero attached hydrogens (tertiary/aromatic N) is 1. The van der Waals surface area contributed by atoms with E-state index in [1.807, 2.05) is 4.90 Å². The lowest BCUT2D eigenvalue weighted by molar-refractivity contribution is -0.135. The third kappa shape index (κ3) is 3.76. The summed E-state index contributed by atoms with van der Waals surface area (Å²) >= 11 is 0. The molecule has 0 bridgehead atoms. The van der Waals surface area contributed by atoms with Crippen molar-refractivity contribution < 1.29 is 9.90 Å². The summed E-state index contributed by atoms with van der Waals surface area (Å²) < 4.78 is 0. The van der Waals surface area contributed by atoms with E-state index in [9.17, 15) is 9.90 Å². The van der Waals surface area contributed by atoms with Crippen molar-refractivity contribution in [2.24, 2.45) is 0 Å². The molecule has 1 rings (SSSR count). The number of hydrogen-bond acceptors (Lipinski definition) is 3. The standard InChI is InChI=1S/C12H24N2O2/c1-3-10(2)13-8-12(16)14-7-5-4-6-11(14)9-15/h10-11,13,15H,3-9H2,1-2H3. The molecule has 1 aliphatic rings. The van der Waals surface area contributed by atoms with Crippen molar-refractivity contribution in [3.63, 3.8) is 0 Å². The number of rotatable bonds is 5. The van der Waals surface area contributed by atoms with Crippen LogP contribution in [0.25, 0.3) is 0 Å². The maximum atomic E-state index is 11.9. The van der Waals surface area contributed by atoms with Crippen LogP contribution in [0.3, 0.4) is 0 Å². The van der Waals surface area contributed by atoms with Crippen molar-refractivity contribution >= 4 is 5.91 Å². The molecule has 0 aliphatic carbocycles. The van der Waals surface area contributed by atoms with Gasteiger partial charge in [0.15, 0.2) is 0 Å². The monoisotopic (exact) mass is 228 g/mol. The first-order chi connectivity index (χ1) is 7.69. The van der Waals surface area contributed by atoms with Gasteiger partial charge in [-0.25, -0.2) is 0 Å². The van der Waals surface area contributed by atoms with Gasteiger partial charge >= 0.3 is 0 Å². The van der Waals surface area contributed by atoms with Gasteiger partial charge < -0.3 is 15.3 Å². The molecule has 2 N–H and O–H groups in total. The predicted octanol–water partition coefficient (Wildman–Crippen LogP) is 0.748. The molecule has 0 aromatic heterocycles. The van der Waals surface area contributed by atoms with E-state index < -0.39 is 0 Å². The molecule has 0 aromatic rings. The van der Waals surface area contributed by atoms with Crippen LogP contribution in [0.5, 0.6) is 0 Å². The van der Waals surface area contributed by atoms with E-state index in [0.717, 1.165) is 32.2 Å². The van der Waals surface area contributed by atoms with E-state index in [0.29, 0.717) is 12.6 Å². The van der Waals surface area contributed by atoms with Gasteiger partial charge in [-0.15, -0.1) is 0 Å². The van der Waals surface area contributed by atoms with Crippen molar-refractivity contribution in [1.29, 1.82) is 0 Å². The SMILES string of the molecule is CCC(C)NCC(=O)N1CCCCC1CO. The molecule has 0 aromatic carbocycles. The second kappa shape index (κ2) is 6.86. The summed E-state index contributed by atoms with van der Waals surface area (Å²) in [5, 5.41) is 12.4. The van der Waals surface area contributed by atoms with E-state index in [4.69, 9.17) is 0 Å². The third-order valence-electron chi connectivity index (χ3n) is 3.37. The molecule has 1 aliphatic heterocycles. The van der Waals surface area contributed by atoms with Crippen LogP contribution < -0.4 is 5.32 Å². The average Bonchev–Trinajstić information content (AvgIpc) is 2.35. The molecule has 1 fully saturated rings. The lowest BCUT2D eigenvalue weighted by Gasteiger charge is -2.35. The number of carbonyl (C=O) groups excluding carboxylic acids is 1. The molecule has 0 spiro atoms. The zero-order valence-electron chi connectivity index (χ0n) is 10.4. The van der Waals surface area contributed by atoms with Gasteiger partial charge in [0.1, 0.15) is 0 Å². The number of aliphatic hydroxyl groups is 1. The van der Waals surface area contributed by atoms with Crippen LogP contribution in [0.1, 0.15) is 39.5 Å². The van der Waals surface area contributed by atoms with E-state index in [1.165, 1.54) is 0 Å². The first-order valence-corrected chi connectivity index (χ1v) is 6.32. The fourth-order valence-electron chi connectivity index (χ4n) is 2.03. The molecule has 1 heterocycles. The fraction of sp³-hybridized carbons (Fsp3) is 0.917. The maximum Gasteiger partial charge on any atom is 0.236 e. The molecule has 94 valence electrons. The van der Waals surface area contributed by atoms with E-state index in [2.05, 4.69) is 19.2 Å². The largest absolute Gasteiger partial charge is 0.394 e. The Hall–Kier alpha value is -0.610. The molecule has 4 heteroatoms. The number of aliphatic hydroxyl groups excluding tert-OH is 1. The molecule has 0 radical (unpaired) electrons. The van der Waals surface area contributed by atoms with Gasteiger partial charge in [0.05, 0.1) is 19.2 Å². The zero-order chi connectivity index (χ0) is 12.0. The summed E-state index contributed by atoms with van der Waals surface area (Å²) in [7, 11) is 0. The highest BCUT2D eigenvalue weighted by Gasteiger charge is 2.25. The van der Waals surface area contributed by atoms with Crippen molar-refractivity contribution in [1.82, 2.24) is 10.2 Å².